The molecule has 0 aliphatic heterocycles. The topological polar surface area (TPSA) is 41.5 Å². The van der Waals surface area contributed by atoms with Gasteiger partial charge in [-0.05, 0) is 44.6 Å². The van der Waals surface area contributed by atoms with Crippen molar-refractivity contribution >= 4 is 0 Å². The lowest BCUT2D eigenvalue weighted by molar-refractivity contribution is -0.175. The van der Waals surface area contributed by atoms with E-state index in [0.717, 1.165) is 25.9 Å². The summed E-state index contributed by atoms with van der Waals surface area (Å²) in [5.41, 5.74) is 1.73. The number of ether oxygens (including phenoxy) is 1. The minimum absolute atomic E-state index is 0.266. The van der Waals surface area contributed by atoms with E-state index < -0.39 is 0 Å². The maximum Gasteiger partial charge on any atom is 0.0661 e. The average molecular weight is 303 g/mol. The van der Waals surface area contributed by atoms with E-state index in [9.17, 15) is 5.11 Å². The van der Waals surface area contributed by atoms with E-state index in [0.29, 0.717) is 23.6 Å². The molecule has 2 aliphatic carbocycles. The fourth-order valence-corrected chi connectivity index (χ4v) is 4.24. The number of hydrogen-bond acceptors (Lipinski definition) is 3. The number of nitrogens with one attached hydrogen (secondary N) is 1. The van der Waals surface area contributed by atoms with Gasteiger partial charge in [0.05, 0.1) is 6.10 Å². The van der Waals surface area contributed by atoms with Crippen molar-refractivity contribution in [2.45, 2.75) is 63.6 Å². The van der Waals surface area contributed by atoms with Gasteiger partial charge in [0.25, 0.3) is 0 Å². The van der Waals surface area contributed by atoms with Crippen molar-refractivity contribution in [3.05, 3.63) is 35.9 Å². The van der Waals surface area contributed by atoms with E-state index in [-0.39, 0.29) is 6.61 Å². The minimum Gasteiger partial charge on any atom is -0.396 e. The molecule has 22 heavy (non-hydrogen) atoms. The van der Waals surface area contributed by atoms with Gasteiger partial charge in [0.15, 0.2) is 0 Å². The zero-order valence-corrected chi connectivity index (χ0v) is 13.6. The van der Waals surface area contributed by atoms with Gasteiger partial charge < -0.3 is 15.2 Å². The van der Waals surface area contributed by atoms with Gasteiger partial charge in [-0.15, -0.1) is 0 Å². The Labute approximate surface area is 134 Å². The van der Waals surface area contributed by atoms with Gasteiger partial charge in [0.2, 0.25) is 0 Å². The maximum absolute atomic E-state index is 9.19. The Morgan fingerprint density at radius 3 is 2.68 bits per heavy atom. The highest BCUT2D eigenvalue weighted by molar-refractivity contribution is 5.21. The molecule has 1 aromatic rings. The molecule has 3 unspecified atom stereocenters. The summed E-state index contributed by atoms with van der Waals surface area (Å²) in [7, 11) is 0. The van der Waals surface area contributed by atoms with Crippen molar-refractivity contribution in [1.29, 1.82) is 0 Å². The monoisotopic (exact) mass is 303 g/mol. The third kappa shape index (κ3) is 2.94. The molecule has 0 saturated heterocycles. The first-order valence-electron chi connectivity index (χ1n) is 8.83. The summed E-state index contributed by atoms with van der Waals surface area (Å²) in [6.07, 6.45) is 7.38. The van der Waals surface area contributed by atoms with Crippen LogP contribution < -0.4 is 5.32 Å². The first-order valence-corrected chi connectivity index (χ1v) is 8.83. The second-order valence-corrected chi connectivity index (χ2v) is 6.81. The van der Waals surface area contributed by atoms with Gasteiger partial charge >= 0.3 is 0 Å². The van der Waals surface area contributed by atoms with Crippen LogP contribution in [0.25, 0.3) is 0 Å². The molecule has 2 aliphatic rings. The molecule has 3 nitrogen and oxygen atoms in total. The Kier molecular flexibility index (Phi) is 5.17. The molecule has 0 bridgehead atoms. The predicted octanol–water partition coefficient (Wildman–Crippen LogP) is 3.44. The van der Waals surface area contributed by atoms with Gasteiger partial charge in [-0.25, -0.2) is 0 Å². The SMILES string of the molecule is CCOC1CC(NC(CCCO)c2ccccc2)C12CCC2. The van der Waals surface area contributed by atoms with Crippen LogP contribution in [0.15, 0.2) is 30.3 Å². The van der Waals surface area contributed by atoms with Crippen LogP contribution in [-0.4, -0.2) is 30.5 Å². The highest BCUT2D eigenvalue weighted by atomic mass is 16.5. The van der Waals surface area contributed by atoms with Crippen molar-refractivity contribution in [2.24, 2.45) is 5.41 Å². The summed E-state index contributed by atoms with van der Waals surface area (Å²) >= 11 is 0. The van der Waals surface area contributed by atoms with E-state index in [2.05, 4.69) is 42.6 Å². The van der Waals surface area contributed by atoms with Crippen LogP contribution in [0.2, 0.25) is 0 Å². The van der Waals surface area contributed by atoms with Gasteiger partial charge in [0.1, 0.15) is 0 Å². The number of hydrogen-bond donors (Lipinski definition) is 2. The number of rotatable bonds is 8. The van der Waals surface area contributed by atoms with E-state index in [1.807, 2.05) is 0 Å². The second kappa shape index (κ2) is 7.12. The molecular formula is C19H29NO2. The van der Waals surface area contributed by atoms with Gasteiger partial charge in [-0.2, -0.15) is 0 Å². The number of benzene rings is 1. The third-order valence-electron chi connectivity index (χ3n) is 5.69. The molecule has 0 amide bonds. The van der Waals surface area contributed by atoms with Crippen molar-refractivity contribution < 1.29 is 9.84 Å². The van der Waals surface area contributed by atoms with Gasteiger partial charge in [0, 0.05) is 30.7 Å². The molecule has 0 aromatic heterocycles. The fraction of sp³-hybridized carbons (Fsp3) is 0.684. The maximum atomic E-state index is 9.19. The summed E-state index contributed by atoms with van der Waals surface area (Å²) < 4.78 is 5.95. The van der Waals surface area contributed by atoms with Crippen molar-refractivity contribution in [2.75, 3.05) is 13.2 Å². The Hall–Kier alpha value is -0.900. The molecule has 2 saturated carbocycles. The zero-order valence-electron chi connectivity index (χ0n) is 13.6. The lowest BCUT2D eigenvalue weighted by atomic mass is 9.51. The molecule has 2 N–H and O–H groups in total. The van der Waals surface area contributed by atoms with Crippen LogP contribution in [0.3, 0.4) is 0 Å². The minimum atomic E-state index is 0.266. The molecule has 2 fully saturated rings. The Balaban J connectivity index is 1.66. The highest BCUT2D eigenvalue weighted by Gasteiger charge is 2.58. The van der Waals surface area contributed by atoms with Crippen LogP contribution in [0, 0.1) is 5.41 Å². The van der Waals surface area contributed by atoms with Crippen LogP contribution >= 0.6 is 0 Å². The molecule has 1 spiro atoms. The molecule has 3 heteroatoms. The second-order valence-electron chi connectivity index (χ2n) is 6.81. The van der Waals surface area contributed by atoms with Crippen molar-refractivity contribution in [3.63, 3.8) is 0 Å². The Morgan fingerprint density at radius 1 is 1.32 bits per heavy atom. The fourth-order valence-electron chi connectivity index (χ4n) is 4.24. The smallest absolute Gasteiger partial charge is 0.0661 e. The third-order valence-corrected chi connectivity index (χ3v) is 5.69. The first-order chi connectivity index (χ1) is 10.8. The van der Waals surface area contributed by atoms with Crippen LogP contribution in [0.1, 0.15) is 57.1 Å². The van der Waals surface area contributed by atoms with E-state index in [4.69, 9.17) is 4.74 Å². The molecule has 0 radical (unpaired) electrons. The zero-order chi connectivity index (χ0) is 15.4. The first kappa shape index (κ1) is 16.0. The average Bonchev–Trinajstić information content (AvgIpc) is 2.48. The number of aliphatic hydroxyl groups excluding tert-OH is 1. The van der Waals surface area contributed by atoms with Crippen molar-refractivity contribution in [3.8, 4) is 0 Å². The standard InChI is InChI=1S/C19H29NO2/c1-2-22-18-14-17(19(18)11-7-12-19)20-16(10-6-13-21)15-8-4-3-5-9-15/h3-5,8-9,16-18,20-21H,2,6-7,10-14H2,1H3. The molecule has 3 rings (SSSR count). The van der Waals surface area contributed by atoms with Gasteiger partial charge in [-0.3, -0.25) is 0 Å². The quantitative estimate of drug-likeness (QED) is 0.773. The Bertz CT molecular complexity index is 458. The van der Waals surface area contributed by atoms with Crippen LogP contribution in [0.4, 0.5) is 0 Å². The van der Waals surface area contributed by atoms with E-state index in [1.165, 1.54) is 24.8 Å². The van der Waals surface area contributed by atoms with Crippen LogP contribution in [0.5, 0.6) is 0 Å². The molecule has 3 atom stereocenters. The predicted molar refractivity (Wildman–Crippen MR) is 88.7 cm³/mol. The lowest BCUT2D eigenvalue weighted by Gasteiger charge is -2.62. The normalized spacial score (nSPS) is 27.2. The largest absolute Gasteiger partial charge is 0.396 e. The van der Waals surface area contributed by atoms with Crippen LogP contribution in [-0.2, 0) is 4.74 Å². The summed E-state index contributed by atoms with van der Waals surface area (Å²) in [5.74, 6) is 0. The highest BCUT2D eigenvalue weighted by Crippen LogP contribution is 2.57. The summed E-state index contributed by atoms with van der Waals surface area (Å²) in [4.78, 5) is 0. The van der Waals surface area contributed by atoms with E-state index >= 15 is 0 Å². The molecule has 122 valence electrons. The lowest BCUT2D eigenvalue weighted by Crippen LogP contribution is -2.67. The van der Waals surface area contributed by atoms with Crippen molar-refractivity contribution in [1.82, 2.24) is 5.32 Å². The number of aliphatic hydroxyl groups is 1. The van der Waals surface area contributed by atoms with Gasteiger partial charge in [-0.1, -0.05) is 36.8 Å². The molecule has 0 heterocycles. The molecular weight excluding hydrogens is 274 g/mol. The molecule has 1 aromatic carbocycles. The summed E-state index contributed by atoms with van der Waals surface area (Å²) in [5, 5.41) is 13.1. The Morgan fingerprint density at radius 2 is 2.09 bits per heavy atom. The van der Waals surface area contributed by atoms with E-state index in [1.54, 1.807) is 0 Å². The summed E-state index contributed by atoms with van der Waals surface area (Å²) in [6, 6.07) is 11.6. The summed E-state index contributed by atoms with van der Waals surface area (Å²) in [6.45, 7) is 3.19.